The lowest BCUT2D eigenvalue weighted by atomic mass is 9.81. The third kappa shape index (κ3) is 5.96. The molecular formula is C30H27Cl2NO5S. The smallest absolute Gasteiger partial charge is 0.340 e. The van der Waals surface area contributed by atoms with Gasteiger partial charge < -0.3 is 4.74 Å². The minimum atomic E-state index is -3.01. The Labute approximate surface area is 237 Å². The first-order valence-corrected chi connectivity index (χ1v) is 15.3. The predicted octanol–water partition coefficient (Wildman–Crippen LogP) is 6.60. The van der Waals surface area contributed by atoms with E-state index in [2.05, 4.69) is 4.98 Å². The first-order valence-electron chi connectivity index (χ1n) is 12.8. The second-order valence-corrected chi connectivity index (χ2v) is 13.2. The molecule has 0 radical (unpaired) electrons. The van der Waals surface area contributed by atoms with E-state index in [9.17, 15) is 18.0 Å². The van der Waals surface area contributed by atoms with E-state index in [1.165, 1.54) is 0 Å². The molecule has 0 unspecified atom stereocenters. The molecule has 5 rings (SSSR count). The Morgan fingerprint density at radius 1 is 1.05 bits per heavy atom. The standard InChI is InChI=1S/C30H27Cl2NO5S/c1-18-26(30(35)38-17-20-5-3-2-4-6-20)27(23-9-8-22(31)16-24(23)32)28-25(33-18)10-7-21(29(28)34)15-19-11-13-39(36,37)14-12-19/h2-9,16,19H,10-15,17H2,1H3. The van der Waals surface area contributed by atoms with E-state index in [-0.39, 0.29) is 35.4 Å². The molecule has 1 saturated heterocycles. The lowest BCUT2D eigenvalue weighted by Gasteiger charge is -2.26. The first-order chi connectivity index (χ1) is 18.6. The largest absolute Gasteiger partial charge is 0.457 e. The second-order valence-electron chi connectivity index (χ2n) is 10.0. The van der Waals surface area contributed by atoms with Gasteiger partial charge in [0.05, 0.1) is 34.0 Å². The van der Waals surface area contributed by atoms with Crippen LogP contribution in [0, 0.1) is 12.8 Å². The number of ether oxygens (including phenoxy) is 1. The van der Waals surface area contributed by atoms with Crippen molar-refractivity contribution in [3.8, 4) is 11.1 Å². The molecule has 1 fully saturated rings. The molecule has 1 aliphatic heterocycles. The molecule has 39 heavy (non-hydrogen) atoms. The van der Waals surface area contributed by atoms with Gasteiger partial charge in [-0.05, 0) is 55.4 Å². The summed E-state index contributed by atoms with van der Waals surface area (Å²) >= 11 is 12.8. The van der Waals surface area contributed by atoms with E-state index in [0.29, 0.717) is 69.4 Å². The molecule has 6 nitrogen and oxygen atoms in total. The van der Waals surface area contributed by atoms with Crippen LogP contribution in [0.1, 0.15) is 56.9 Å². The van der Waals surface area contributed by atoms with Crippen molar-refractivity contribution in [2.45, 2.75) is 39.2 Å². The number of carbonyl (C=O) groups excluding carboxylic acids is 2. The number of ketones is 1. The molecule has 2 heterocycles. The van der Waals surface area contributed by atoms with Crippen LogP contribution in [-0.4, -0.2) is 36.7 Å². The van der Waals surface area contributed by atoms with Crippen LogP contribution in [-0.2, 0) is 27.6 Å². The number of allylic oxidation sites excluding steroid dienone is 2. The number of rotatable bonds is 6. The molecule has 202 valence electrons. The number of hydrogen-bond acceptors (Lipinski definition) is 6. The molecule has 2 aromatic carbocycles. The van der Waals surface area contributed by atoms with E-state index < -0.39 is 15.8 Å². The highest BCUT2D eigenvalue weighted by Crippen LogP contribution is 2.41. The Morgan fingerprint density at radius 2 is 1.77 bits per heavy atom. The Morgan fingerprint density at radius 3 is 2.46 bits per heavy atom. The highest BCUT2D eigenvalue weighted by atomic mass is 35.5. The zero-order chi connectivity index (χ0) is 27.7. The maximum absolute atomic E-state index is 14.0. The van der Waals surface area contributed by atoms with E-state index in [0.717, 1.165) is 5.56 Å². The lowest BCUT2D eigenvalue weighted by molar-refractivity contribution is 0.0472. The SMILES string of the molecule is Cc1nc2c(c(-c3ccc(Cl)cc3Cl)c1C(=O)OCc1ccccc1)C(=O)C(CC1CCS(=O)(=O)CC1)=CC2. The van der Waals surface area contributed by atoms with Gasteiger partial charge in [0.2, 0.25) is 0 Å². The van der Waals surface area contributed by atoms with Gasteiger partial charge in [-0.25, -0.2) is 13.2 Å². The van der Waals surface area contributed by atoms with E-state index in [1.807, 2.05) is 36.4 Å². The van der Waals surface area contributed by atoms with E-state index >= 15 is 0 Å². The number of nitrogens with zero attached hydrogens (tertiary/aromatic N) is 1. The number of hydrogen-bond donors (Lipinski definition) is 0. The minimum Gasteiger partial charge on any atom is -0.457 e. The van der Waals surface area contributed by atoms with Crippen LogP contribution in [0.4, 0.5) is 0 Å². The summed E-state index contributed by atoms with van der Waals surface area (Å²) in [5.41, 5.74) is 3.84. The average Bonchev–Trinajstić information content (AvgIpc) is 2.90. The van der Waals surface area contributed by atoms with Gasteiger partial charge in [-0.2, -0.15) is 0 Å². The number of carbonyl (C=O) groups is 2. The first kappa shape index (κ1) is 27.6. The summed E-state index contributed by atoms with van der Waals surface area (Å²) in [6, 6.07) is 14.3. The molecule has 9 heteroatoms. The zero-order valence-electron chi connectivity index (χ0n) is 21.4. The monoisotopic (exact) mass is 583 g/mol. The van der Waals surface area contributed by atoms with Crippen molar-refractivity contribution >= 4 is 44.8 Å². The third-order valence-corrected chi connectivity index (χ3v) is 9.58. The molecule has 1 aliphatic carbocycles. The Bertz CT molecular complexity index is 1590. The molecule has 0 amide bonds. The molecule has 1 aromatic heterocycles. The molecule has 2 aliphatic rings. The Kier molecular flexibility index (Phi) is 7.94. The molecule has 0 N–H and O–H groups in total. The fourth-order valence-corrected chi connectivity index (χ4v) is 7.36. The van der Waals surface area contributed by atoms with Crippen LogP contribution in [0.3, 0.4) is 0 Å². The third-order valence-electron chi connectivity index (χ3n) is 7.31. The highest BCUT2D eigenvalue weighted by Gasteiger charge is 2.34. The molecule has 0 atom stereocenters. The van der Waals surface area contributed by atoms with Crippen molar-refractivity contribution in [2.75, 3.05) is 11.5 Å². The van der Waals surface area contributed by atoms with Gasteiger partial charge >= 0.3 is 5.97 Å². The zero-order valence-corrected chi connectivity index (χ0v) is 23.7. The van der Waals surface area contributed by atoms with Gasteiger partial charge in [-0.3, -0.25) is 9.78 Å². The van der Waals surface area contributed by atoms with Crippen LogP contribution in [0.25, 0.3) is 11.1 Å². The van der Waals surface area contributed by atoms with Gasteiger partial charge in [0.1, 0.15) is 16.4 Å². The normalized spacial score (nSPS) is 16.9. The van der Waals surface area contributed by atoms with Gasteiger partial charge in [-0.1, -0.05) is 65.7 Å². The van der Waals surface area contributed by atoms with Crippen molar-refractivity contribution in [3.63, 3.8) is 0 Å². The van der Waals surface area contributed by atoms with E-state index in [4.69, 9.17) is 27.9 Å². The maximum atomic E-state index is 14.0. The summed E-state index contributed by atoms with van der Waals surface area (Å²) in [5.74, 6) is -0.454. The number of esters is 1. The molecule has 0 saturated carbocycles. The lowest BCUT2D eigenvalue weighted by Crippen LogP contribution is -2.26. The van der Waals surface area contributed by atoms with Crippen LogP contribution >= 0.6 is 23.2 Å². The van der Waals surface area contributed by atoms with Gasteiger partial charge in [0.15, 0.2) is 5.78 Å². The van der Waals surface area contributed by atoms with Crippen LogP contribution < -0.4 is 0 Å². The number of benzene rings is 2. The van der Waals surface area contributed by atoms with Crippen molar-refractivity contribution in [1.29, 1.82) is 0 Å². The molecule has 0 bridgehead atoms. The number of aryl methyl sites for hydroxylation is 1. The highest BCUT2D eigenvalue weighted by molar-refractivity contribution is 7.91. The van der Waals surface area contributed by atoms with Crippen molar-refractivity contribution in [3.05, 3.63) is 98.3 Å². The number of aromatic nitrogens is 1. The second kappa shape index (κ2) is 11.2. The summed E-state index contributed by atoms with van der Waals surface area (Å²) in [4.78, 5) is 32.2. The van der Waals surface area contributed by atoms with Crippen molar-refractivity contribution < 1.29 is 22.7 Å². The number of halogens is 2. The predicted molar refractivity (Wildman–Crippen MR) is 152 cm³/mol. The van der Waals surface area contributed by atoms with Crippen LogP contribution in [0.2, 0.25) is 10.0 Å². The van der Waals surface area contributed by atoms with Crippen LogP contribution in [0.5, 0.6) is 0 Å². The summed E-state index contributed by atoms with van der Waals surface area (Å²) in [6.07, 6.45) is 3.82. The molecular weight excluding hydrogens is 557 g/mol. The van der Waals surface area contributed by atoms with Crippen molar-refractivity contribution in [1.82, 2.24) is 4.98 Å². The fourth-order valence-electron chi connectivity index (χ4n) is 5.27. The minimum absolute atomic E-state index is 0.0632. The summed E-state index contributed by atoms with van der Waals surface area (Å²) in [7, 11) is -3.01. The number of Topliss-reactive ketones (excluding diaryl/α,β-unsaturated/α-hetero) is 1. The quantitative estimate of drug-likeness (QED) is 0.303. The summed E-state index contributed by atoms with van der Waals surface area (Å²) in [5, 5.41) is 0.726. The van der Waals surface area contributed by atoms with Gasteiger partial charge in [0.25, 0.3) is 0 Å². The number of fused-ring (bicyclic) bond motifs is 1. The number of sulfone groups is 1. The fraction of sp³-hybridized carbons (Fsp3) is 0.300. The van der Waals surface area contributed by atoms with E-state index in [1.54, 1.807) is 25.1 Å². The summed E-state index contributed by atoms with van der Waals surface area (Å²) < 4.78 is 29.5. The van der Waals surface area contributed by atoms with Gasteiger partial charge in [-0.15, -0.1) is 0 Å². The summed E-state index contributed by atoms with van der Waals surface area (Å²) in [6.45, 7) is 1.78. The molecule has 0 spiro atoms. The Hall–Kier alpha value is -3.00. The van der Waals surface area contributed by atoms with Crippen LogP contribution in [0.15, 0.2) is 60.2 Å². The topological polar surface area (TPSA) is 90.4 Å². The average molecular weight is 585 g/mol. The number of pyridine rings is 1. The molecule has 3 aromatic rings. The van der Waals surface area contributed by atoms with Gasteiger partial charge in [0, 0.05) is 27.6 Å². The van der Waals surface area contributed by atoms with Crippen molar-refractivity contribution in [2.24, 2.45) is 5.92 Å². The Balaban J connectivity index is 1.56. The maximum Gasteiger partial charge on any atom is 0.340 e.